The summed E-state index contributed by atoms with van der Waals surface area (Å²) in [6.07, 6.45) is 0.836. The van der Waals surface area contributed by atoms with Gasteiger partial charge in [0.1, 0.15) is 6.04 Å². The molecule has 0 saturated heterocycles. The van der Waals surface area contributed by atoms with Crippen molar-refractivity contribution in [1.82, 2.24) is 10.6 Å². The highest BCUT2D eigenvalue weighted by Crippen LogP contribution is 2.37. The summed E-state index contributed by atoms with van der Waals surface area (Å²) in [5, 5.41) is 6.27. The number of para-hydroxylation sites is 2. The standard InChI is InChI=1S/C27H32N4O6S2/c1-18-13-14-20-9-5-6-10-21(20)22(18)15-30-24-11-7-8-12-25(24)31(39(36,37)17-38(4,34)35)16-23(27(30)33)29-26(32)19(2)28-3/h5-14,19,23,28H,15-17H2,1-4H3,(H,29,32). The van der Waals surface area contributed by atoms with E-state index in [1.165, 1.54) is 11.0 Å². The highest BCUT2D eigenvalue weighted by Gasteiger charge is 2.40. The summed E-state index contributed by atoms with van der Waals surface area (Å²) in [5.41, 5.74) is 2.27. The van der Waals surface area contributed by atoms with Gasteiger partial charge in [-0.3, -0.25) is 13.9 Å². The number of likely N-dealkylation sites (N-methyl/N-ethyl adjacent to an activating group) is 1. The number of carbonyl (C=O) groups excluding carboxylic acids is 2. The van der Waals surface area contributed by atoms with Gasteiger partial charge in [0.25, 0.3) is 5.91 Å². The minimum Gasteiger partial charge on any atom is -0.341 e. The number of hydrogen-bond donors (Lipinski definition) is 2. The number of sulfone groups is 1. The number of amides is 2. The molecule has 0 aliphatic carbocycles. The monoisotopic (exact) mass is 572 g/mol. The first-order chi connectivity index (χ1) is 18.3. The first-order valence-corrected chi connectivity index (χ1v) is 16.0. The molecule has 2 amide bonds. The maximum Gasteiger partial charge on any atom is 0.251 e. The normalized spacial score (nSPS) is 17.0. The van der Waals surface area contributed by atoms with E-state index in [0.717, 1.165) is 32.5 Å². The van der Waals surface area contributed by atoms with Crippen molar-refractivity contribution in [3.05, 3.63) is 71.8 Å². The molecule has 0 radical (unpaired) electrons. The number of fused-ring (bicyclic) bond motifs is 2. The minimum atomic E-state index is -4.44. The Balaban J connectivity index is 1.89. The van der Waals surface area contributed by atoms with E-state index in [0.29, 0.717) is 5.69 Å². The van der Waals surface area contributed by atoms with E-state index in [4.69, 9.17) is 0 Å². The highest BCUT2D eigenvalue weighted by atomic mass is 32.3. The van der Waals surface area contributed by atoms with Gasteiger partial charge in [0.15, 0.2) is 14.9 Å². The molecule has 4 rings (SSSR count). The molecule has 2 unspecified atom stereocenters. The Morgan fingerprint density at radius 1 is 1.00 bits per heavy atom. The van der Waals surface area contributed by atoms with E-state index in [1.54, 1.807) is 32.2 Å². The molecule has 2 N–H and O–H groups in total. The summed E-state index contributed by atoms with van der Waals surface area (Å²) in [6.45, 7) is 3.20. The van der Waals surface area contributed by atoms with Crippen LogP contribution in [0.2, 0.25) is 0 Å². The van der Waals surface area contributed by atoms with Crippen LogP contribution in [0.15, 0.2) is 60.7 Å². The number of sulfonamides is 1. The lowest BCUT2D eigenvalue weighted by molar-refractivity contribution is -0.128. The fourth-order valence-electron chi connectivity index (χ4n) is 4.66. The topological polar surface area (TPSA) is 133 Å². The van der Waals surface area contributed by atoms with Gasteiger partial charge >= 0.3 is 0 Å². The van der Waals surface area contributed by atoms with Gasteiger partial charge < -0.3 is 15.5 Å². The van der Waals surface area contributed by atoms with Gasteiger partial charge in [0.05, 0.1) is 30.5 Å². The molecular formula is C27H32N4O6S2. The van der Waals surface area contributed by atoms with Gasteiger partial charge in [-0.2, -0.15) is 0 Å². The second-order valence-electron chi connectivity index (χ2n) is 9.75. The molecule has 0 fully saturated rings. The van der Waals surface area contributed by atoms with Gasteiger partial charge in [0, 0.05) is 6.26 Å². The van der Waals surface area contributed by atoms with Crippen LogP contribution in [0.5, 0.6) is 0 Å². The molecule has 1 aliphatic rings. The van der Waals surface area contributed by atoms with Gasteiger partial charge in [0.2, 0.25) is 15.9 Å². The van der Waals surface area contributed by atoms with E-state index < -0.39 is 55.4 Å². The van der Waals surface area contributed by atoms with Crippen LogP contribution in [-0.2, 0) is 36.0 Å². The second kappa shape index (κ2) is 10.9. The summed E-state index contributed by atoms with van der Waals surface area (Å²) in [6, 6.07) is 16.2. The first kappa shape index (κ1) is 28.5. The summed E-state index contributed by atoms with van der Waals surface area (Å²) in [5.74, 6) is -1.01. The zero-order valence-corrected chi connectivity index (χ0v) is 23.8. The Labute approximate surface area is 229 Å². The van der Waals surface area contributed by atoms with Crippen LogP contribution in [0.3, 0.4) is 0 Å². The summed E-state index contributed by atoms with van der Waals surface area (Å²) >= 11 is 0. The van der Waals surface area contributed by atoms with Gasteiger partial charge in [-0.15, -0.1) is 0 Å². The molecule has 1 heterocycles. The summed E-state index contributed by atoms with van der Waals surface area (Å²) in [7, 11) is -6.78. The van der Waals surface area contributed by atoms with Crippen molar-refractivity contribution >= 4 is 53.8 Å². The molecule has 0 spiro atoms. The van der Waals surface area contributed by atoms with Gasteiger partial charge in [-0.05, 0) is 54.9 Å². The first-order valence-electron chi connectivity index (χ1n) is 12.4. The second-order valence-corrected chi connectivity index (χ2v) is 14.2. The molecule has 0 saturated carbocycles. The van der Waals surface area contributed by atoms with Crippen LogP contribution >= 0.6 is 0 Å². The highest BCUT2D eigenvalue weighted by molar-refractivity contribution is 8.08. The quantitative estimate of drug-likeness (QED) is 0.421. The van der Waals surface area contributed by atoms with E-state index in [2.05, 4.69) is 10.6 Å². The third-order valence-electron chi connectivity index (χ3n) is 6.79. The van der Waals surface area contributed by atoms with Crippen molar-refractivity contribution in [2.75, 3.05) is 34.1 Å². The van der Waals surface area contributed by atoms with Crippen molar-refractivity contribution in [1.29, 1.82) is 0 Å². The zero-order chi connectivity index (χ0) is 28.5. The third-order valence-corrected chi connectivity index (χ3v) is 10.7. The third kappa shape index (κ3) is 6.07. The molecule has 2 atom stereocenters. The predicted molar refractivity (Wildman–Crippen MR) is 153 cm³/mol. The molecule has 3 aromatic carbocycles. The largest absolute Gasteiger partial charge is 0.341 e. The molecule has 39 heavy (non-hydrogen) atoms. The Kier molecular flexibility index (Phi) is 8.01. The number of rotatable bonds is 8. The van der Waals surface area contributed by atoms with Gasteiger partial charge in [-0.25, -0.2) is 16.8 Å². The van der Waals surface area contributed by atoms with Crippen LogP contribution in [0.4, 0.5) is 11.4 Å². The van der Waals surface area contributed by atoms with Crippen molar-refractivity contribution in [3.8, 4) is 0 Å². The smallest absolute Gasteiger partial charge is 0.251 e. The predicted octanol–water partition coefficient (Wildman–Crippen LogP) is 1.93. The van der Waals surface area contributed by atoms with Crippen molar-refractivity contribution in [3.63, 3.8) is 0 Å². The average molecular weight is 573 g/mol. The maximum absolute atomic E-state index is 14.1. The minimum absolute atomic E-state index is 0.108. The molecule has 208 valence electrons. The van der Waals surface area contributed by atoms with Crippen molar-refractivity contribution in [2.45, 2.75) is 32.5 Å². The van der Waals surface area contributed by atoms with Crippen LogP contribution in [0.25, 0.3) is 10.8 Å². The Morgan fingerprint density at radius 3 is 2.31 bits per heavy atom. The van der Waals surface area contributed by atoms with Crippen LogP contribution < -0.4 is 19.8 Å². The molecule has 0 bridgehead atoms. The van der Waals surface area contributed by atoms with Crippen molar-refractivity contribution in [2.24, 2.45) is 0 Å². The molecule has 12 heteroatoms. The number of hydrogen-bond acceptors (Lipinski definition) is 7. The lowest BCUT2D eigenvalue weighted by Crippen LogP contribution is -2.56. The van der Waals surface area contributed by atoms with E-state index in [9.17, 15) is 26.4 Å². The SMILES string of the molecule is CNC(C)C(=O)NC1CN(S(=O)(=O)CS(C)(=O)=O)c2ccccc2N(Cc2c(C)ccc3ccccc23)C1=O. The fourth-order valence-corrected chi connectivity index (χ4v) is 8.16. The van der Waals surface area contributed by atoms with Crippen LogP contribution in [-0.4, -0.2) is 65.7 Å². The maximum atomic E-state index is 14.1. The Hall–Kier alpha value is -3.48. The fraction of sp³-hybridized carbons (Fsp3) is 0.333. The van der Waals surface area contributed by atoms with Crippen LogP contribution in [0, 0.1) is 6.92 Å². The van der Waals surface area contributed by atoms with Crippen LogP contribution in [0.1, 0.15) is 18.1 Å². The zero-order valence-electron chi connectivity index (χ0n) is 22.2. The number of aryl methyl sites for hydroxylation is 1. The van der Waals surface area contributed by atoms with E-state index in [-0.39, 0.29) is 12.2 Å². The molecule has 0 aromatic heterocycles. The average Bonchev–Trinajstić information content (AvgIpc) is 2.99. The number of nitrogens with one attached hydrogen (secondary N) is 2. The van der Waals surface area contributed by atoms with Crippen molar-refractivity contribution < 1.29 is 26.4 Å². The molecule has 10 nitrogen and oxygen atoms in total. The lowest BCUT2D eigenvalue weighted by atomic mass is 9.99. The molecular weight excluding hydrogens is 540 g/mol. The number of carbonyl (C=O) groups is 2. The van der Waals surface area contributed by atoms with E-state index in [1.807, 2.05) is 43.3 Å². The number of anilines is 2. The Bertz CT molecular complexity index is 1640. The molecule has 3 aromatic rings. The van der Waals surface area contributed by atoms with E-state index >= 15 is 0 Å². The Morgan fingerprint density at radius 2 is 1.64 bits per heavy atom. The summed E-state index contributed by atoms with van der Waals surface area (Å²) < 4.78 is 51.9. The lowest BCUT2D eigenvalue weighted by Gasteiger charge is -2.27. The summed E-state index contributed by atoms with van der Waals surface area (Å²) in [4.78, 5) is 28.4. The number of nitrogens with zero attached hydrogens (tertiary/aromatic N) is 2. The number of benzene rings is 3. The molecule has 1 aliphatic heterocycles. The van der Waals surface area contributed by atoms with Gasteiger partial charge in [-0.1, -0.05) is 48.5 Å².